The maximum atomic E-state index is 12.4. The van der Waals surface area contributed by atoms with Gasteiger partial charge in [0.15, 0.2) is 12.4 Å². The van der Waals surface area contributed by atoms with Crippen molar-refractivity contribution in [2.24, 2.45) is 0 Å². The number of furan rings is 1. The lowest BCUT2D eigenvalue weighted by Crippen LogP contribution is -2.15. The van der Waals surface area contributed by atoms with E-state index >= 15 is 0 Å². The number of nitrogens with one attached hydrogen (secondary N) is 1. The predicted octanol–water partition coefficient (Wildman–Crippen LogP) is 3.98. The van der Waals surface area contributed by atoms with Gasteiger partial charge in [0.1, 0.15) is 11.3 Å². The van der Waals surface area contributed by atoms with E-state index in [1.165, 1.54) is 0 Å². The smallest absolute Gasteiger partial charge is 0.355 e. The first-order valence-electron chi connectivity index (χ1n) is 8.87. The Morgan fingerprint density at radius 1 is 1.11 bits per heavy atom. The molecule has 2 heterocycles. The van der Waals surface area contributed by atoms with E-state index in [0.717, 1.165) is 5.39 Å². The third-order valence-electron chi connectivity index (χ3n) is 4.22. The Morgan fingerprint density at radius 3 is 2.50 bits per heavy atom. The van der Waals surface area contributed by atoms with Gasteiger partial charge < -0.3 is 18.9 Å². The third-order valence-corrected chi connectivity index (χ3v) is 4.22. The van der Waals surface area contributed by atoms with Crippen LogP contribution in [0.5, 0.6) is 0 Å². The van der Waals surface area contributed by atoms with Gasteiger partial charge in [0.05, 0.1) is 11.7 Å². The van der Waals surface area contributed by atoms with E-state index in [1.54, 1.807) is 45.9 Å². The lowest BCUT2D eigenvalue weighted by molar-refractivity contribution is 0.0376. The number of para-hydroxylation sites is 1. The fraction of sp³-hybridized carbons (Fsp3) is 0.286. The van der Waals surface area contributed by atoms with Crippen molar-refractivity contribution in [1.82, 2.24) is 4.98 Å². The third kappa shape index (κ3) is 3.83. The van der Waals surface area contributed by atoms with Crippen LogP contribution in [0.1, 0.15) is 56.5 Å². The molecule has 0 aliphatic carbocycles. The summed E-state index contributed by atoms with van der Waals surface area (Å²) in [5.41, 5.74) is 1.92. The maximum Gasteiger partial charge on any atom is 0.355 e. The van der Waals surface area contributed by atoms with Gasteiger partial charge in [0, 0.05) is 11.1 Å². The maximum absolute atomic E-state index is 12.4. The first-order valence-corrected chi connectivity index (χ1v) is 8.87. The van der Waals surface area contributed by atoms with Crippen molar-refractivity contribution in [2.45, 2.75) is 33.8 Å². The van der Waals surface area contributed by atoms with E-state index < -0.39 is 24.3 Å². The largest absolute Gasteiger partial charge is 0.459 e. The summed E-state index contributed by atoms with van der Waals surface area (Å²) in [6.07, 6.45) is -0.280. The average molecular weight is 383 g/mol. The first-order chi connectivity index (χ1) is 13.3. The highest BCUT2D eigenvalue weighted by Crippen LogP contribution is 2.21. The molecule has 28 heavy (non-hydrogen) atoms. The topological polar surface area (TPSA) is 98.6 Å². The zero-order chi connectivity index (χ0) is 20.4. The van der Waals surface area contributed by atoms with Crippen molar-refractivity contribution < 1.29 is 28.3 Å². The summed E-state index contributed by atoms with van der Waals surface area (Å²) in [6, 6.07) is 8.82. The number of H-pyrrole nitrogens is 1. The van der Waals surface area contributed by atoms with Crippen LogP contribution in [0.15, 0.2) is 34.7 Å². The molecule has 7 heteroatoms. The number of hydrogen-bond acceptors (Lipinski definition) is 6. The number of esters is 2. The number of ether oxygens (including phenoxy) is 2. The van der Waals surface area contributed by atoms with Gasteiger partial charge >= 0.3 is 11.9 Å². The SMILES string of the molecule is Cc1[nH]c(C(=O)OCC(=O)c2cc3ccccc3o2)c(C)c1C(=O)OC(C)C. The number of aryl methyl sites for hydroxylation is 1. The molecule has 0 radical (unpaired) electrons. The summed E-state index contributed by atoms with van der Waals surface area (Å²) in [4.78, 5) is 39.7. The molecule has 0 saturated carbocycles. The standard InChI is InChI=1S/C21H21NO6/c1-11(2)27-20(24)18-12(3)19(22-13(18)4)21(25)26-10-15(23)17-9-14-7-5-6-8-16(14)28-17/h5-9,11,22H,10H2,1-4H3. The minimum Gasteiger partial charge on any atom is -0.459 e. The molecule has 0 unspecified atom stereocenters. The van der Waals surface area contributed by atoms with Gasteiger partial charge in [0.25, 0.3) is 0 Å². The zero-order valence-electron chi connectivity index (χ0n) is 16.1. The summed E-state index contributed by atoms with van der Waals surface area (Å²) in [7, 11) is 0. The summed E-state index contributed by atoms with van der Waals surface area (Å²) >= 11 is 0. The second-order valence-electron chi connectivity index (χ2n) is 6.73. The van der Waals surface area contributed by atoms with Crippen molar-refractivity contribution >= 4 is 28.7 Å². The highest BCUT2D eigenvalue weighted by atomic mass is 16.5. The summed E-state index contributed by atoms with van der Waals surface area (Å²) in [5, 5.41) is 0.793. The molecule has 0 aliphatic heterocycles. The minimum atomic E-state index is -0.728. The fourth-order valence-corrected chi connectivity index (χ4v) is 2.93. The minimum absolute atomic E-state index is 0.116. The van der Waals surface area contributed by atoms with E-state index in [9.17, 15) is 14.4 Å². The van der Waals surface area contributed by atoms with Crippen LogP contribution in [-0.2, 0) is 9.47 Å². The Hall–Kier alpha value is -3.35. The van der Waals surface area contributed by atoms with Crippen LogP contribution in [0.25, 0.3) is 11.0 Å². The Balaban J connectivity index is 1.71. The quantitative estimate of drug-likeness (QED) is 0.511. The van der Waals surface area contributed by atoms with E-state index in [-0.39, 0.29) is 17.6 Å². The predicted molar refractivity (Wildman–Crippen MR) is 102 cm³/mol. The lowest BCUT2D eigenvalue weighted by Gasteiger charge is -2.08. The number of hydrogen-bond donors (Lipinski definition) is 1. The van der Waals surface area contributed by atoms with Crippen molar-refractivity contribution in [3.05, 3.63) is 58.6 Å². The number of rotatable bonds is 6. The van der Waals surface area contributed by atoms with E-state index in [1.807, 2.05) is 12.1 Å². The number of ketones is 1. The Morgan fingerprint density at radius 2 is 1.82 bits per heavy atom. The van der Waals surface area contributed by atoms with Crippen LogP contribution in [-0.4, -0.2) is 35.4 Å². The van der Waals surface area contributed by atoms with Crippen LogP contribution in [0.4, 0.5) is 0 Å². The van der Waals surface area contributed by atoms with Crippen LogP contribution >= 0.6 is 0 Å². The molecule has 0 spiro atoms. The van der Waals surface area contributed by atoms with E-state index in [4.69, 9.17) is 13.9 Å². The molecule has 0 atom stereocenters. The Bertz CT molecular complexity index is 1020. The van der Waals surface area contributed by atoms with Gasteiger partial charge in [0.2, 0.25) is 5.78 Å². The second kappa shape index (κ2) is 7.72. The molecule has 2 aromatic heterocycles. The van der Waals surface area contributed by atoms with E-state index in [0.29, 0.717) is 22.4 Å². The van der Waals surface area contributed by atoms with Gasteiger partial charge in [-0.15, -0.1) is 0 Å². The molecule has 0 bridgehead atoms. The number of Topliss-reactive ketones (excluding diaryl/α,β-unsaturated/α-hetero) is 1. The molecule has 0 aliphatic rings. The highest BCUT2D eigenvalue weighted by molar-refractivity contribution is 6.01. The van der Waals surface area contributed by atoms with Crippen LogP contribution < -0.4 is 0 Å². The normalized spacial score (nSPS) is 11.0. The average Bonchev–Trinajstić information content (AvgIpc) is 3.19. The molecular weight excluding hydrogens is 362 g/mol. The molecule has 0 saturated heterocycles. The van der Waals surface area contributed by atoms with Crippen LogP contribution in [0.3, 0.4) is 0 Å². The summed E-state index contributed by atoms with van der Waals surface area (Å²) in [5.74, 6) is -1.58. The van der Waals surface area contributed by atoms with Gasteiger partial charge in [-0.05, 0) is 45.4 Å². The number of carbonyl (C=O) groups excluding carboxylic acids is 3. The first kappa shape index (κ1) is 19.4. The fourth-order valence-electron chi connectivity index (χ4n) is 2.93. The van der Waals surface area contributed by atoms with Crippen LogP contribution in [0, 0.1) is 13.8 Å². The van der Waals surface area contributed by atoms with E-state index in [2.05, 4.69) is 4.98 Å². The van der Waals surface area contributed by atoms with Gasteiger partial charge in [-0.1, -0.05) is 18.2 Å². The molecule has 146 valence electrons. The lowest BCUT2D eigenvalue weighted by atomic mass is 10.1. The van der Waals surface area contributed by atoms with Gasteiger partial charge in [-0.3, -0.25) is 4.79 Å². The van der Waals surface area contributed by atoms with Crippen molar-refractivity contribution in [1.29, 1.82) is 0 Å². The van der Waals surface area contributed by atoms with Crippen LogP contribution in [0.2, 0.25) is 0 Å². The molecule has 7 nitrogen and oxygen atoms in total. The second-order valence-corrected chi connectivity index (χ2v) is 6.73. The number of benzene rings is 1. The number of aromatic amines is 1. The summed E-state index contributed by atoms with van der Waals surface area (Å²) < 4.78 is 15.8. The molecule has 1 aromatic carbocycles. The van der Waals surface area contributed by atoms with Crippen molar-refractivity contribution in [3.63, 3.8) is 0 Å². The number of carbonyl (C=O) groups is 3. The molecule has 0 amide bonds. The number of aromatic nitrogens is 1. The summed E-state index contributed by atoms with van der Waals surface area (Å²) in [6.45, 7) is 6.31. The molecule has 1 N–H and O–H groups in total. The monoisotopic (exact) mass is 383 g/mol. The Kier molecular flexibility index (Phi) is 5.35. The molecule has 0 fully saturated rings. The molecular formula is C21H21NO6. The van der Waals surface area contributed by atoms with Gasteiger partial charge in [-0.2, -0.15) is 0 Å². The number of fused-ring (bicyclic) bond motifs is 1. The zero-order valence-corrected chi connectivity index (χ0v) is 16.1. The Labute approximate surface area is 161 Å². The van der Waals surface area contributed by atoms with Gasteiger partial charge in [-0.25, -0.2) is 9.59 Å². The molecule has 3 rings (SSSR count). The molecule has 3 aromatic rings. The van der Waals surface area contributed by atoms with Crippen molar-refractivity contribution in [2.75, 3.05) is 6.61 Å². The highest BCUT2D eigenvalue weighted by Gasteiger charge is 2.25. The van der Waals surface area contributed by atoms with Crippen molar-refractivity contribution in [3.8, 4) is 0 Å².